The molecule has 0 radical (unpaired) electrons. The predicted octanol–water partition coefficient (Wildman–Crippen LogP) is 5.25. The second-order valence-corrected chi connectivity index (χ2v) is 10.3. The topological polar surface area (TPSA) is 75.4 Å². The molecular weight excluding hydrogens is 470 g/mol. The fourth-order valence-corrected chi connectivity index (χ4v) is 5.91. The predicted molar refractivity (Wildman–Crippen MR) is 143 cm³/mol. The number of carbonyl (C=O) groups excluding carboxylic acids is 2. The van der Waals surface area contributed by atoms with Crippen LogP contribution in [-0.4, -0.2) is 35.3 Å². The van der Waals surface area contributed by atoms with E-state index in [1.807, 2.05) is 71.6 Å². The number of benzene rings is 3. The van der Waals surface area contributed by atoms with Crippen LogP contribution in [0.15, 0.2) is 78.9 Å². The summed E-state index contributed by atoms with van der Waals surface area (Å²) in [5.74, 6) is -0.688. The lowest BCUT2D eigenvalue weighted by Crippen LogP contribution is -2.57. The number of nitrogens with two attached hydrogens (primary N) is 1. The normalized spacial score (nSPS) is 23.7. The van der Waals surface area contributed by atoms with Crippen LogP contribution in [0.3, 0.4) is 0 Å². The van der Waals surface area contributed by atoms with Crippen molar-refractivity contribution < 1.29 is 9.59 Å². The summed E-state index contributed by atoms with van der Waals surface area (Å²) in [6.07, 6.45) is 4.53. The van der Waals surface area contributed by atoms with E-state index in [0.717, 1.165) is 43.2 Å². The standard InChI is InChI=1S/C30H32ClN3O2/c31-22-16-14-21(15-17-22)28-27(29(35)33-19-18-20-8-2-1-3-9-20)23-10-4-5-11-24(23)30(36)34(28)26-13-7-6-12-25(26)32/h1-5,8-11,14-17,25-28H,6-7,12-13,18-19,32H2,(H,33,35)/t25-,26-,27+,28-/m0/s1. The zero-order valence-corrected chi connectivity index (χ0v) is 21.0. The molecule has 6 heteroatoms. The van der Waals surface area contributed by atoms with E-state index in [0.29, 0.717) is 17.1 Å². The van der Waals surface area contributed by atoms with Gasteiger partial charge < -0.3 is 16.0 Å². The second-order valence-electron chi connectivity index (χ2n) is 9.82. The molecule has 2 amide bonds. The summed E-state index contributed by atoms with van der Waals surface area (Å²) in [7, 11) is 0. The number of nitrogens with zero attached hydrogens (tertiary/aromatic N) is 1. The zero-order chi connectivity index (χ0) is 25.1. The molecule has 1 saturated carbocycles. The van der Waals surface area contributed by atoms with Crippen molar-refractivity contribution in [3.63, 3.8) is 0 Å². The van der Waals surface area contributed by atoms with Crippen LogP contribution in [-0.2, 0) is 11.2 Å². The zero-order valence-electron chi connectivity index (χ0n) is 20.3. The Hall–Kier alpha value is -3.15. The molecule has 2 aliphatic rings. The first-order valence-corrected chi connectivity index (χ1v) is 13.2. The van der Waals surface area contributed by atoms with Crippen molar-refractivity contribution in [3.8, 4) is 0 Å². The number of halogens is 1. The van der Waals surface area contributed by atoms with Crippen molar-refractivity contribution in [2.45, 2.75) is 56.1 Å². The third-order valence-electron chi connectivity index (χ3n) is 7.56. The van der Waals surface area contributed by atoms with Crippen molar-refractivity contribution in [2.24, 2.45) is 5.73 Å². The minimum Gasteiger partial charge on any atom is -0.355 e. The summed E-state index contributed by atoms with van der Waals surface area (Å²) in [5, 5.41) is 3.78. The highest BCUT2D eigenvalue weighted by Gasteiger charge is 2.47. The highest BCUT2D eigenvalue weighted by Crippen LogP contribution is 2.45. The Morgan fingerprint density at radius 3 is 2.39 bits per heavy atom. The van der Waals surface area contributed by atoms with Gasteiger partial charge in [0.2, 0.25) is 5.91 Å². The Kier molecular flexibility index (Phi) is 7.40. The van der Waals surface area contributed by atoms with E-state index in [-0.39, 0.29) is 23.9 Å². The van der Waals surface area contributed by atoms with E-state index in [1.54, 1.807) is 0 Å². The molecule has 3 aromatic carbocycles. The number of nitrogens with one attached hydrogen (secondary N) is 1. The maximum absolute atomic E-state index is 14.0. The Labute approximate surface area is 217 Å². The van der Waals surface area contributed by atoms with Gasteiger partial charge >= 0.3 is 0 Å². The van der Waals surface area contributed by atoms with Gasteiger partial charge in [-0.15, -0.1) is 0 Å². The summed E-state index contributed by atoms with van der Waals surface area (Å²) >= 11 is 6.21. The van der Waals surface area contributed by atoms with E-state index in [2.05, 4.69) is 17.4 Å². The van der Waals surface area contributed by atoms with Crippen LogP contribution in [0.5, 0.6) is 0 Å². The van der Waals surface area contributed by atoms with E-state index >= 15 is 0 Å². The molecule has 3 aromatic rings. The van der Waals surface area contributed by atoms with Crippen LogP contribution in [0.25, 0.3) is 0 Å². The largest absolute Gasteiger partial charge is 0.355 e. The van der Waals surface area contributed by atoms with Crippen LogP contribution in [0.4, 0.5) is 0 Å². The first-order valence-electron chi connectivity index (χ1n) is 12.8. The quantitative estimate of drug-likeness (QED) is 0.484. The van der Waals surface area contributed by atoms with Crippen LogP contribution in [0, 0.1) is 0 Å². The van der Waals surface area contributed by atoms with E-state index < -0.39 is 12.0 Å². The number of carbonyl (C=O) groups is 2. The third-order valence-corrected chi connectivity index (χ3v) is 7.82. The molecule has 36 heavy (non-hydrogen) atoms. The molecule has 0 aromatic heterocycles. The SMILES string of the molecule is N[C@H]1CCCC[C@@H]1N1C(=O)c2ccccc2[C@@H](C(=O)NCCc2ccccc2)[C@@H]1c1ccc(Cl)cc1. The van der Waals surface area contributed by atoms with Crippen molar-refractivity contribution in [1.29, 1.82) is 0 Å². The number of hydrogen-bond donors (Lipinski definition) is 2. The lowest BCUT2D eigenvalue weighted by atomic mass is 9.76. The maximum atomic E-state index is 14.0. The van der Waals surface area contributed by atoms with Gasteiger partial charge in [0, 0.05) is 29.2 Å². The average molecular weight is 502 g/mol. The van der Waals surface area contributed by atoms with Gasteiger partial charge in [-0.3, -0.25) is 9.59 Å². The van der Waals surface area contributed by atoms with Gasteiger partial charge in [0.15, 0.2) is 0 Å². The summed E-state index contributed by atoms with van der Waals surface area (Å²) in [6, 6.07) is 24.4. The van der Waals surface area contributed by atoms with Crippen molar-refractivity contribution >= 4 is 23.4 Å². The fourth-order valence-electron chi connectivity index (χ4n) is 5.78. The van der Waals surface area contributed by atoms with Gasteiger partial charge in [-0.2, -0.15) is 0 Å². The summed E-state index contributed by atoms with van der Waals surface area (Å²) in [6.45, 7) is 0.520. The lowest BCUT2D eigenvalue weighted by Gasteiger charge is -2.48. The number of fused-ring (bicyclic) bond motifs is 1. The molecule has 5 rings (SSSR count). The molecule has 0 spiro atoms. The lowest BCUT2D eigenvalue weighted by molar-refractivity contribution is -0.124. The van der Waals surface area contributed by atoms with Gasteiger partial charge in [-0.25, -0.2) is 0 Å². The fraction of sp³-hybridized carbons (Fsp3) is 0.333. The Morgan fingerprint density at radius 1 is 0.944 bits per heavy atom. The Morgan fingerprint density at radius 2 is 1.64 bits per heavy atom. The molecule has 0 unspecified atom stereocenters. The highest BCUT2D eigenvalue weighted by atomic mass is 35.5. The third kappa shape index (κ3) is 4.91. The Bertz CT molecular complexity index is 1210. The summed E-state index contributed by atoms with van der Waals surface area (Å²) in [4.78, 5) is 29.8. The second kappa shape index (κ2) is 10.9. The first-order chi connectivity index (χ1) is 17.5. The minimum atomic E-state index is -0.551. The van der Waals surface area contributed by atoms with Crippen molar-refractivity contribution in [2.75, 3.05) is 6.54 Å². The van der Waals surface area contributed by atoms with Gasteiger partial charge in [-0.1, -0.05) is 85.1 Å². The smallest absolute Gasteiger partial charge is 0.255 e. The van der Waals surface area contributed by atoms with Crippen molar-refractivity contribution in [1.82, 2.24) is 10.2 Å². The average Bonchev–Trinajstić information content (AvgIpc) is 2.90. The van der Waals surface area contributed by atoms with Crippen LogP contribution in [0.1, 0.15) is 64.7 Å². The first kappa shape index (κ1) is 24.5. The highest BCUT2D eigenvalue weighted by molar-refractivity contribution is 6.30. The van der Waals surface area contributed by atoms with Crippen LogP contribution < -0.4 is 11.1 Å². The van der Waals surface area contributed by atoms with E-state index in [4.69, 9.17) is 17.3 Å². The Balaban J connectivity index is 1.54. The van der Waals surface area contributed by atoms with Gasteiger partial charge in [0.05, 0.1) is 12.0 Å². The number of hydrogen-bond acceptors (Lipinski definition) is 3. The minimum absolute atomic E-state index is 0.0544. The molecular formula is C30H32ClN3O2. The monoisotopic (exact) mass is 501 g/mol. The molecule has 0 bridgehead atoms. The molecule has 3 N–H and O–H groups in total. The van der Waals surface area contributed by atoms with Crippen molar-refractivity contribution in [3.05, 3.63) is 106 Å². The summed E-state index contributed by atoms with van der Waals surface area (Å²) < 4.78 is 0. The van der Waals surface area contributed by atoms with Gasteiger partial charge in [-0.05, 0) is 54.2 Å². The molecule has 1 heterocycles. The molecule has 1 aliphatic carbocycles. The summed E-state index contributed by atoms with van der Waals surface area (Å²) in [5.41, 5.74) is 10.0. The molecule has 0 saturated heterocycles. The molecule has 4 atom stereocenters. The van der Waals surface area contributed by atoms with Crippen LogP contribution in [0.2, 0.25) is 5.02 Å². The van der Waals surface area contributed by atoms with Gasteiger partial charge in [0.25, 0.3) is 5.91 Å². The maximum Gasteiger partial charge on any atom is 0.255 e. The molecule has 1 fully saturated rings. The molecule has 1 aliphatic heterocycles. The van der Waals surface area contributed by atoms with Gasteiger partial charge in [0.1, 0.15) is 0 Å². The van der Waals surface area contributed by atoms with E-state index in [1.165, 1.54) is 5.56 Å². The molecule has 186 valence electrons. The molecule has 5 nitrogen and oxygen atoms in total. The number of amides is 2. The van der Waals surface area contributed by atoms with Crippen LogP contribution >= 0.6 is 11.6 Å². The van der Waals surface area contributed by atoms with E-state index in [9.17, 15) is 9.59 Å². The number of rotatable bonds is 6.